The maximum absolute atomic E-state index is 13.5. The number of amides is 1. The van der Waals surface area contributed by atoms with Crippen LogP contribution in [0.1, 0.15) is 30.4 Å². The van der Waals surface area contributed by atoms with E-state index in [2.05, 4.69) is 6.92 Å². The van der Waals surface area contributed by atoms with Crippen molar-refractivity contribution in [1.29, 1.82) is 0 Å². The number of nitrogens with zero attached hydrogens (tertiary/aromatic N) is 2. The molecule has 1 fully saturated rings. The molecule has 1 aromatic carbocycles. The number of benzene rings is 1. The van der Waals surface area contributed by atoms with Crippen LogP contribution in [-0.4, -0.2) is 45.4 Å². The SMILES string of the molecule is COc1ccc(C)c2c1N(C(=O)C1CCCN(S(=O)(=O)c3cccs3)C1)CCC2. The van der Waals surface area contributed by atoms with Gasteiger partial charge in [-0.25, -0.2) is 8.42 Å². The Morgan fingerprint density at radius 1 is 1.21 bits per heavy atom. The lowest BCUT2D eigenvalue weighted by atomic mass is 9.93. The Kier molecular flexibility index (Phi) is 5.68. The number of ether oxygens (including phenoxy) is 1. The Morgan fingerprint density at radius 2 is 2.03 bits per heavy atom. The molecule has 1 atom stereocenters. The third-order valence-electron chi connectivity index (χ3n) is 5.87. The average molecular weight is 435 g/mol. The zero-order valence-electron chi connectivity index (χ0n) is 16.8. The van der Waals surface area contributed by atoms with Crippen LogP contribution in [0.25, 0.3) is 0 Å². The van der Waals surface area contributed by atoms with Gasteiger partial charge in [-0.3, -0.25) is 4.79 Å². The molecule has 1 amide bonds. The number of methoxy groups -OCH3 is 1. The fourth-order valence-corrected chi connectivity index (χ4v) is 7.03. The van der Waals surface area contributed by atoms with E-state index in [4.69, 9.17) is 4.74 Å². The van der Waals surface area contributed by atoms with Crippen LogP contribution in [0.15, 0.2) is 33.9 Å². The van der Waals surface area contributed by atoms with Crippen molar-refractivity contribution in [3.63, 3.8) is 0 Å². The van der Waals surface area contributed by atoms with Crippen molar-refractivity contribution < 1.29 is 17.9 Å². The number of sulfonamides is 1. The summed E-state index contributed by atoms with van der Waals surface area (Å²) in [5.41, 5.74) is 3.17. The summed E-state index contributed by atoms with van der Waals surface area (Å²) in [5.74, 6) is 0.369. The zero-order chi connectivity index (χ0) is 20.6. The van der Waals surface area contributed by atoms with Crippen LogP contribution in [0.5, 0.6) is 5.75 Å². The van der Waals surface area contributed by atoms with Crippen molar-refractivity contribution >= 4 is 33.0 Å². The van der Waals surface area contributed by atoms with E-state index in [9.17, 15) is 13.2 Å². The molecule has 3 heterocycles. The second-order valence-corrected chi connectivity index (χ2v) is 10.8. The highest BCUT2D eigenvalue weighted by molar-refractivity contribution is 7.91. The largest absolute Gasteiger partial charge is 0.495 e. The van der Waals surface area contributed by atoms with E-state index in [-0.39, 0.29) is 18.4 Å². The topological polar surface area (TPSA) is 66.9 Å². The first-order valence-corrected chi connectivity index (χ1v) is 12.3. The van der Waals surface area contributed by atoms with Crippen LogP contribution in [0, 0.1) is 12.8 Å². The molecule has 156 valence electrons. The molecule has 0 spiro atoms. The molecule has 1 aromatic heterocycles. The number of thiophene rings is 1. The normalized spacial score (nSPS) is 20.3. The second kappa shape index (κ2) is 8.08. The minimum atomic E-state index is -3.54. The van der Waals surface area contributed by atoms with E-state index >= 15 is 0 Å². The van der Waals surface area contributed by atoms with Gasteiger partial charge >= 0.3 is 0 Å². The lowest BCUT2D eigenvalue weighted by Crippen LogP contribution is -2.48. The fourth-order valence-electron chi connectivity index (χ4n) is 4.36. The Labute approximate surface area is 176 Å². The highest BCUT2D eigenvalue weighted by atomic mass is 32.2. The fraction of sp³-hybridized carbons (Fsp3) is 0.476. The predicted molar refractivity (Wildman–Crippen MR) is 114 cm³/mol. The molecule has 8 heteroatoms. The molecule has 0 aliphatic carbocycles. The van der Waals surface area contributed by atoms with Crippen LogP contribution in [0.4, 0.5) is 5.69 Å². The quantitative estimate of drug-likeness (QED) is 0.739. The van der Waals surface area contributed by atoms with E-state index in [1.165, 1.54) is 15.6 Å². The van der Waals surface area contributed by atoms with Gasteiger partial charge in [-0.2, -0.15) is 4.31 Å². The summed E-state index contributed by atoms with van der Waals surface area (Å²) in [4.78, 5) is 15.3. The minimum absolute atomic E-state index is 0.000861. The van der Waals surface area contributed by atoms with E-state index < -0.39 is 10.0 Å². The van der Waals surface area contributed by atoms with Gasteiger partial charge in [0.15, 0.2) is 0 Å². The molecule has 0 bridgehead atoms. The summed E-state index contributed by atoms with van der Waals surface area (Å²) >= 11 is 1.22. The van der Waals surface area contributed by atoms with Gasteiger partial charge in [-0.05, 0) is 61.2 Å². The molecule has 2 aliphatic rings. The van der Waals surface area contributed by atoms with Gasteiger partial charge in [0.1, 0.15) is 9.96 Å². The van der Waals surface area contributed by atoms with Gasteiger partial charge in [0.05, 0.1) is 18.7 Å². The van der Waals surface area contributed by atoms with Crippen molar-refractivity contribution in [2.24, 2.45) is 5.92 Å². The Balaban J connectivity index is 1.61. The number of hydrogen-bond donors (Lipinski definition) is 0. The zero-order valence-corrected chi connectivity index (χ0v) is 18.4. The summed E-state index contributed by atoms with van der Waals surface area (Å²) in [5, 5.41) is 1.76. The van der Waals surface area contributed by atoms with Gasteiger partial charge in [0.25, 0.3) is 10.0 Å². The number of aryl methyl sites for hydroxylation is 1. The summed E-state index contributed by atoms with van der Waals surface area (Å²) in [6.45, 7) is 3.39. The maximum Gasteiger partial charge on any atom is 0.252 e. The molecular formula is C21H26N2O4S2. The Hall–Kier alpha value is -1.90. The first-order valence-electron chi connectivity index (χ1n) is 9.95. The standard InChI is InChI=1S/C21H26N2O4S2/c1-15-9-10-18(27-2)20-17(15)7-4-12-23(20)21(24)16-6-3-11-22(14-16)29(25,26)19-8-5-13-28-19/h5,8-10,13,16H,3-4,6-7,11-12,14H2,1-2H3. The molecular weight excluding hydrogens is 408 g/mol. The average Bonchev–Trinajstić information content (AvgIpc) is 3.29. The van der Waals surface area contributed by atoms with Crippen molar-refractivity contribution in [2.75, 3.05) is 31.6 Å². The van der Waals surface area contributed by atoms with Crippen LogP contribution in [-0.2, 0) is 21.2 Å². The third kappa shape index (κ3) is 3.69. The van der Waals surface area contributed by atoms with Crippen molar-refractivity contribution in [2.45, 2.75) is 36.8 Å². The summed E-state index contributed by atoms with van der Waals surface area (Å²) in [7, 11) is -1.92. The van der Waals surface area contributed by atoms with Crippen LogP contribution in [0.2, 0.25) is 0 Å². The first kappa shape index (κ1) is 20.4. The Bertz CT molecular complexity index is 1000. The van der Waals surface area contributed by atoms with Crippen molar-refractivity contribution in [3.8, 4) is 5.75 Å². The number of rotatable bonds is 4. The van der Waals surface area contributed by atoms with E-state index in [0.717, 1.165) is 29.7 Å². The van der Waals surface area contributed by atoms with Gasteiger partial charge in [-0.1, -0.05) is 12.1 Å². The smallest absolute Gasteiger partial charge is 0.252 e. The van der Waals surface area contributed by atoms with E-state index in [1.54, 1.807) is 24.6 Å². The van der Waals surface area contributed by atoms with Crippen molar-refractivity contribution in [1.82, 2.24) is 4.31 Å². The van der Waals surface area contributed by atoms with Gasteiger partial charge in [-0.15, -0.1) is 11.3 Å². The number of carbonyl (C=O) groups excluding carboxylic acids is 1. The molecule has 2 aromatic rings. The highest BCUT2D eigenvalue weighted by Gasteiger charge is 2.37. The van der Waals surface area contributed by atoms with Gasteiger partial charge in [0.2, 0.25) is 5.91 Å². The van der Waals surface area contributed by atoms with Crippen LogP contribution >= 0.6 is 11.3 Å². The summed E-state index contributed by atoms with van der Waals surface area (Å²) in [6, 6.07) is 7.30. The molecule has 0 N–H and O–H groups in total. The number of fused-ring (bicyclic) bond motifs is 1. The monoisotopic (exact) mass is 434 g/mol. The summed E-state index contributed by atoms with van der Waals surface area (Å²) < 4.78 is 33.2. The molecule has 1 saturated heterocycles. The molecule has 0 radical (unpaired) electrons. The van der Waals surface area contributed by atoms with Gasteiger partial charge in [0, 0.05) is 19.6 Å². The van der Waals surface area contributed by atoms with E-state index in [0.29, 0.717) is 35.9 Å². The van der Waals surface area contributed by atoms with Gasteiger partial charge < -0.3 is 9.64 Å². The molecule has 0 saturated carbocycles. The van der Waals surface area contributed by atoms with Crippen LogP contribution in [0.3, 0.4) is 0 Å². The van der Waals surface area contributed by atoms with Crippen LogP contribution < -0.4 is 9.64 Å². The van der Waals surface area contributed by atoms with E-state index in [1.807, 2.05) is 17.0 Å². The number of piperidine rings is 1. The Morgan fingerprint density at radius 3 is 2.76 bits per heavy atom. The minimum Gasteiger partial charge on any atom is -0.495 e. The predicted octanol–water partition coefficient (Wildman–Crippen LogP) is 3.45. The molecule has 29 heavy (non-hydrogen) atoms. The lowest BCUT2D eigenvalue weighted by Gasteiger charge is -2.37. The maximum atomic E-state index is 13.5. The number of anilines is 1. The third-order valence-corrected chi connectivity index (χ3v) is 9.11. The molecule has 4 rings (SSSR count). The lowest BCUT2D eigenvalue weighted by molar-refractivity contribution is -0.123. The first-order chi connectivity index (χ1) is 13.9. The highest BCUT2D eigenvalue weighted by Crippen LogP contribution is 2.39. The molecule has 1 unspecified atom stereocenters. The number of hydrogen-bond acceptors (Lipinski definition) is 5. The number of carbonyl (C=O) groups is 1. The molecule has 2 aliphatic heterocycles. The molecule has 6 nitrogen and oxygen atoms in total. The summed E-state index contributed by atoms with van der Waals surface area (Å²) in [6.07, 6.45) is 3.21. The van der Waals surface area contributed by atoms with Crippen molar-refractivity contribution in [3.05, 3.63) is 40.8 Å². The second-order valence-electron chi connectivity index (χ2n) is 7.64.